The van der Waals surface area contributed by atoms with Crippen molar-refractivity contribution in [2.75, 3.05) is 50.3 Å². The van der Waals surface area contributed by atoms with Crippen LogP contribution in [0.3, 0.4) is 0 Å². The first-order chi connectivity index (χ1) is 17.9. The molecule has 0 aliphatic carbocycles. The lowest BCUT2D eigenvalue weighted by Crippen LogP contribution is -2.38. The number of benzene rings is 1. The maximum absolute atomic E-state index is 13.3. The Labute approximate surface area is 214 Å². The maximum Gasteiger partial charge on any atom is 0.320 e. The molecule has 37 heavy (non-hydrogen) atoms. The molecule has 3 amide bonds. The fourth-order valence-corrected chi connectivity index (χ4v) is 5.18. The summed E-state index contributed by atoms with van der Waals surface area (Å²) in [5.41, 5.74) is 3.32. The highest BCUT2D eigenvalue weighted by Gasteiger charge is 2.36. The van der Waals surface area contributed by atoms with E-state index in [1.54, 1.807) is 28.0 Å². The van der Waals surface area contributed by atoms with Gasteiger partial charge >= 0.3 is 12.0 Å². The molecule has 11 nitrogen and oxygen atoms in total. The van der Waals surface area contributed by atoms with Gasteiger partial charge in [-0.1, -0.05) is 12.1 Å². The number of nitrogens with zero attached hydrogens (tertiary/aromatic N) is 4. The van der Waals surface area contributed by atoms with Gasteiger partial charge in [-0.3, -0.25) is 14.4 Å². The van der Waals surface area contributed by atoms with Gasteiger partial charge in [-0.2, -0.15) is 5.06 Å². The molecule has 0 spiro atoms. The second-order valence-corrected chi connectivity index (χ2v) is 9.41. The van der Waals surface area contributed by atoms with Crippen LogP contribution >= 0.6 is 0 Å². The Morgan fingerprint density at radius 1 is 1.24 bits per heavy atom. The van der Waals surface area contributed by atoms with Crippen LogP contribution in [0.15, 0.2) is 30.3 Å². The molecule has 2 aromatic rings. The van der Waals surface area contributed by atoms with Crippen molar-refractivity contribution < 1.29 is 29.1 Å². The van der Waals surface area contributed by atoms with E-state index in [1.807, 2.05) is 0 Å². The van der Waals surface area contributed by atoms with Gasteiger partial charge in [0.15, 0.2) is 6.61 Å². The molecule has 1 saturated heterocycles. The van der Waals surface area contributed by atoms with Crippen LogP contribution in [-0.2, 0) is 27.3 Å². The van der Waals surface area contributed by atoms with Gasteiger partial charge in [0, 0.05) is 31.9 Å². The van der Waals surface area contributed by atoms with Gasteiger partial charge in [0.1, 0.15) is 17.3 Å². The highest BCUT2D eigenvalue weighted by atomic mass is 16.7. The number of carbonyl (C=O) groups excluding carboxylic acids is 2. The van der Waals surface area contributed by atoms with E-state index in [9.17, 15) is 19.5 Å². The lowest BCUT2D eigenvalue weighted by molar-refractivity contribution is -0.138. The van der Waals surface area contributed by atoms with Crippen LogP contribution in [0, 0.1) is 0 Å². The fraction of sp³-hybridized carbons (Fsp3) is 0.462. The topological polar surface area (TPSA) is 125 Å². The summed E-state index contributed by atoms with van der Waals surface area (Å²) in [6.07, 6.45) is 3.45. The number of urea groups is 1. The van der Waals surface area contributed by atoms with Crippen LogP contribution in [0.5, 0.6) is 5.75 Å². The van der Waals surface area contributed by atoms with Crippen molar-refractivity contribution in [3.05, 3.63) is 47.2 Å². The number of fused-ring (bicyclic) bond motifs is 2. The number of aryl methyl sites for hydroxylation is 2. The van der Waals surface area contributed by atoms with Gasteiger partial charge in [-0.25, -0.2) is 9.78 Å². The number of carboxylic acids is 1. The summed E-state index contributed by atoms with van der Waals surface area (Å²) in [7, 11) is 1.39. The van der Waals surface area contributed by atoms with E-state index < -0.39 is 12.0 Å². The molecule has 3 aliphatic heterocycles. The zero-order valence-corrected chi connectivity index (χ0v) is 20.8. The normalized spacial score (nSPS) is 17.7. The maximum atomic E-state index is 13.3. The van der Waals surface area contributed by atoms with Crippen LogP contribution in [-0.4, -0.2) is 77.7 Å². The largest absolute Gasteiger partial charge is 0.481 e. The number of nitrogens with one attached hydrogen (secondary N) is 1. The summed E-state index contributed by atoms with van der Waals surface area (Å²) >= 11 is 0. The van der Waals surface area contributed by atoms with E-state index in [0.29, 0.717) is 36.6 Å². The molecule has 1 atom stereocenters. The van der Waals surface area contributed by atoms with Crippen LogP contribution in [0.4, 0.5) is 16.3 Å². The molecule has 196 valence electrons. The fourth-order valence-electron chi connectivity index (χ4n) is 5.18. The van der Waals surface area contributed by atoms with Crippen LogP contribution in [0.25, 0.3) is 0 Å². The third-order valence-electron chi connectivity index (χ3n) is 7.03. The SMILES string of the molecule is CON1C(=O)COc2cc([C@H](CC(=O)O)N3CCN(CCCc4ccc5c(n4)NCCC5)C3=O)ccc21. The molecular formula is C26H31N5O6. The lowest BCUT2D eigenvalue weighted by Gasteiger charge is -2.30. The summed E-state index contributed by atoms with van der Waals surface area (Å²) < 4.78 is 5.56. The second-order valence-electron chi connectivity index (χ2n) is 9.41. The van der Waals surface area contributed by atoms with Gasteiger partial charge in [0.25, 0.3) is 5.91 Å². The van der Waals surface area contributed by atoms with Gasteiger partial charge in [-0.15, -0.1) is 0 Å². The van der Waals surface area contributed by atoms with Crippen LogP contribution < -0.4 is 15.1 Å². The monoisotopic (exact) mass is 509 g/mol. The Morgan fingerprint density at radius 3 is 2.92 bits per heavy atom. The molecule has 1 aromatic heterocycles. The molecule has 11 heteroatoms. The zero-order chi connectivity index (χ0) is 25.9. The van der Waals surface area contributed by atoms with Gasteiger partial charge < -0.3 is 25.0 Å². The average molecular weight is 510 g/mol. The molecule has 0 bridgehead atoms. The van der Waals surface area contributed by atoms with Crippen molar-refractivity contribution in [2.45, 2.75) is 38.1 Å². The van der Waals surface area contributed by atoms with E-state index in [4.69, 9.17) is 14.6 Å². The number of rotatable bonds is 9. The molecule has 3 aliphatic rings. The predicted molar refractivity (Wildman–Crippen MR) is 134 cm³/mol. The highest BCUT2D eigenvalue weighted by molar-refractivity contribution is 5.96. The van der Waals surface area contributed by atoms with Crippen molar-refractivity contribution >= 4 is 29.4 Å². The number of aliphatic carboxylic acids is 1. The number of aromatic nitrogens is 1. The minimum atomic E-state index is -1.00. The minimum absolute atomic E-state index is 0.181. The minimum Gasteiger partial charge on any atom is -0.481 e. The Balaban J connectivity index is 1.25. The van der Waals surface area contributed by atoms with Gasteiger partial charge in [0.2, 0.25) is 0 Å². The number of ether oxygens (including phenoxy) is 1. The molecule has 2 N–H and O–H groups in total. The first kappa shape index (κ1) is 24.8. The van der Waals surface area contributed by atoms with E-state index in [1.165, 1.54) is 12.7 Å². The summed E-state index contributed by atoms with van der Waals surface area (Å²) in [5, 5.41) is 14.1. The third-order valence-corrected chi connectivity index (χ3v) is 7.03. The van der Waals surface area contributed by atoms with Crippen molar-refractivity contribution in [1.82, 2.24) is 14.8 Å². The van der Waals surface area contributed by atoms with Crippen molar-refractivity contribution in [2.24, 2.45) is 0 Å². The Morgan fingerprint density at radius 2 is 2.11 bits per heavy atom. The van der Waals surface area contributed by atoms with Crippen LogP contribution in [0.2, 0.25) is 0 Å². The van der Waals surface area contributed by atoms with E-state index in [0.717, 1.165) is 48.8 Å². The van der Waals surface area contributed by atoms with Crippen molar-refractivity contribution in [3.8, 4) is 5.75 Å². The summed E-state index contributed by atoms with van der Waals surface area (Å²) in [6, 6.07) is 8.40. The molecule has 5 rings (SSSR count). The Hall–Kier alpha value is -3.86. The number of hydroxylamine groups is 1. The molecule has 0 radical (unpaired) electrons. The Bertz CT molecular complexity index is 1200. The average Bonchev–Trinajstić information content (AvgIpc) is 3.26. The molecular weight excluding hydrogens is 478 g/mol. The molecule has 4 heterocycles. The number of pyridine rings is 1. The number of anilines is 2. The lowest BCUT2D eigenvalue weighted by atomic mass is 10.0. The summed E-state index contributed by atoms with van der Waals surface area (Å²) in [6.45, 7) is 2.29. The molecule has 1 fully saturated rings. The molecule has 0 unspecified atom stereocenters. The smallest absolute Gasteiger partial charge is 0.320 e. The summed E-state index contributed by atoms with van der Waals surface area (Å²) in [5.74, 6) is 0.0355. The van der Waals surface area contributed by atoms with Crippen LogP contribution in [0.1, 0.15) is 42.1 Å². The first-order valence-electron chi connectivity index (χ1n) is 12.6. The molecule has 0 saturated carbocycles. The van der Waals surface area contributed by atoms with Gasteiger partial charge in [-0.05, 0) is 55.0 Å². The highest BCUT2D eigenvalue weighted by Crippen LogP contribution is 2.37. The Kier molecular flexibility index (Phi) is 7.13. The standard InChI is InChI=1S/C26H31N5O6/c1-36-31-20-9-7-18(14-22(20)37-16-23(31)32)21(15-24(33)34)30-13-12-29(26(30)35)11-3-5-19-8-6-17-4-2-10-27-25(17)28-19/h6-9,14,21H,2-5,10-13,15-16H2,1H3,(H,27,28)(H,33,34)/t21-/m0/s1. The predicted octanol–water partition coefficient (Wildman–Crippen LogP) is 2.61. The number of hydrogen-bond donors (Lipinski definition) is 2. The number of amides is 3. The number of carbonyl (C=O) groups is 3. The second kappa shape index (κ2) is 10.6. The first-order valence-corrected chi connectivity index (χ1v) is 12.6. The third kappa shape index (κ3) is 5.17. The quantitative estimate of drug-likeness (QED) is 0.529. The van der Waals surface area contributed by atoms with Gasteiger partial charge in [0.05, 0.1) is 19.6 Å². The van der Waals surface area contributed by atoms with E-state index in [2.05, 4.69) is 17.4 Å². The van der Waals surface area contributed by atoms with Crippen molar-refractivity contribution in [1.29, 1.82) is 0 Å². The van der Waals surface area contributed by atoms with E-state index >= 15 is 0 Å². The van der Waals surface area contributed by atoms with E-state index in [-0.39, 0.29) is 25.0 Å². The zero-order valence-electron chi connectivity index (χ0n) is 20.8. The molecule has 1 aromatic carbocycles. The number of hydrogen-bond acceptors (Lipinski definition) is 7. The van der Waals surface area contributed by atoms with Crippen molar-refractivity contribution in [3.63, 3.8) is 0 Å². The number of carboxylic acid groups (broad SMARTS) is 1. The summed E-state index contributed by atoms with van der Waals surface area (Å²) in [4.78, 5) is 50.3.